The summed E-state index contributed by atoms with van der Waals surface area (Å²) in [6.07, 6.45) is 6.10. The zero-order chi connectivity index (χ0) is 43.2. The van der Waals surface area contributed by atoms with Gasteiger partial charge in [-0.2, -0.15) is 0 Å². The van der Waals surface area contributed by atoms with Crippen LogP contribution in [0, 0.1) is 12.3 Å². The molecule has 1 aliphatic rings. The molecule has 320 valence electrons. The quantitative estimate of drug-likeness (QED) is 0.0421. The van der Waals surface area contributed by atoms with E-state index in [0.717, 1.165) is 60.2 Å². The van der Waals surface area contributed by atoms with Crippen molar-refractivity contribution >= 4 is 57.9 Å². The number of hydrogen-bond acceptors (Lipinski definition) is 9. The third kappa shape index (κ3) is 13.2. The van der Waals surface area contributed by atoms with E-state index in [0.29, 0.717) is 35.5 Å². The van der Waals surface area contributed by atoms with Crippen LogP contribution in [-0.2, 0) is 25.7 Å². The van der Waals surface area contributed by atoms with E-state index >= 15 is 0 Å². The summed E-state index contributed by atoms with van der Waals surface area (Å²) in [5, 5.41) is 22.1. The van der Waals surface area contributed by atoms with Gasteiger partial charge < -0.3 is 37.0 Å². The van der Waals surface area contributed by atoms with Crippen LogP contribution in [0.2, 0.25) is 0 Å². The van der Waals surface area contributed by atoms with Gasteiger partial charge in [-0.3, -0.25) is 24.0 Å². The maximum Gasteiger partial charge on any atom is 0.255 e. The van der Waals surface area contributed by atoms with Gasteiger partial charge in [-0.05, 0) is 72.7 Å². The van der Waals surface area contributed by atoms with Crippen LogP contribution in [0.3, 0.4) is 0 Å². The monoisotopic (exact) mass is 837 g/mol. The Morgan fingerprint density at radius 1 is 0.850 bits per heavy atom. The lowest BCUT2D eigenvalue weighted by atomic mass is 9.85. The molecule has 4 aromatic rings. The molecule has 2 heterocycles. The molecule has 0 saturated carbocycles. The van der Waals surface area contributed by atoms with Gasteiger partial charge in [0.05, 0.1) is 33.6 Å². The number of aliphatic hydroxyl groups excluding tert-OH is 1. The number of para-hydroxylation sites is 2. The van der Waals surface area contributed by atoms with Crippen molar-refractivity contribution in [3.8, 4) is 10.4 Å². The van der Waals surface area contributed by atoms with Crippen molar-refractivity contribution < 1.29 is 29.1 Å². The predicted octanol–water partition coefficient (Wildman–Crippen LogP) is 7.21. The molecule has 5 amide bonds. The number of anilines is 3. The Balaban J connectivity index is 0.962. The number of aryl methyl sites for hydroxylation is 1. The Hall–Kier alpha value is -5.60. The third-order valence-electron chi connectivity index (χ3n) is 10.7. The zero-order valence-electron chi connectivity index (χ0n) is 35.1. The molecular weight excluding hydrogens is 779 g/mol. The fraction of sp³-hybridized carbons (Fsp3) is 0.435. The summed E-state index contributed by atoms with van der Waals surface area (Å²) in [7, 11) is 0. The third-order valence-corrected chi connectivity index (χ3v) is 11.6. The van der Waals surface area contributed by atoms with Crippen LogP contribution in [0.1, 0.15) is 107 Å². The highest BCUT2D eigenvalue weighted by Gasteiger charge is 2.44. The Kier molecular flexibility index (Phi) is 16.4. The summed E-state index contributed by atoms with van der Waals surface area (Å²) >= 11 is 1.58. The van der Waals surface area contributed by atoms with Gasteiger partial charge in [0.2, 0.25) is 23.6 Å². The second-order valence-electron chi connectivity index (χ2n) is 16.6. The molecule has 5 rings (SSSR count). The fourth-order valence-electron chi connectivity index (χ4n) is 7.20. The van der Waals surface area contributed by atoms with Crippen LogP contribution >= 0.6 is 11.3 Å². The first kappa shape index (κ1) is 45.5. The summed E-state index contributed by atoms with van der Waals surface area (Å²) in [5.74, 6) is -1.31. The Morgan fingerprint density at radius 2 is 1.48 bits per heavy atom. The molecule has 0 aliphatic carbocycles. The number of rotatable bonds is 19. The number of nitrogens with two attached hydrogens (primary N) is 1. The van der Waals surface area contributed by atoms with E-state index in [1.807, 2.05) is 57.5 Å². The number of thiazole rings is 1. The van der Waals surface area contributed by atoms with E-state index in [-0.39, 0.29) is 55.5 Å². The van der Waals surface area contributed by atoms with Crippen molar-refractivity contribution in [2.75, 3.05) is 22.9 Å². The highest BCUT2D eigenvalue weighted by molar-refractivity contribution is 7.13. The van der Waals surface area contributed by atoms with Crippen molar-refractivity contribution in [3.05, 3.63) is 95.1 Å². The van der Waals surface area contributed by atoms with Crippen molar-refractivity contribution in [2.45, 2.75) is 117 Å². The van der Waals surface area contributed by atoms with Crippen molar-refractivity contribution in [3.63, 3.8) is 0 Å². The predicted molar refractivity (Wildman–Crippen MR) is 237 cm³/mol. The molecule has 1 aliphatic heterocycles. The molecule has 0 radical (unpaired) electrons. The van der Waals surface area contributed by atoms with Crippen LogP contribution in [-0.4, -0.2) is 69.3 Å². The van der Waals surface area contributed by atoms with Gasteiger partial charge in [0.25, 0.3) is 5.91 Å². The van der Waals surface area contributed by atoms with Gasteiger partial charge in [-0.1, -0.05) is 89.3 Å². The van der Waals surface area contributed by atoms with Gasteiger partial charge >= 0.3 is 0 Å². The molecule has 1 aromatic heterocycles. The molecule has 13 nitrogen and oxygen atoms in total. The highest BCUT2D eigenvalue weighted by atomic mass is 32.1. The van der Waals surface area contributed by atoms with Crippen LogP contribution in [0.5, 0.6) is 0 Å². The Labute approximate surface area is 356 Å². The van der Waals surface area contributed by atoms with Gasteiger partial charge in [-0.25, -0.2) is 4.98 Å². The number of nitrogens with zero attached hydrogens (tertiary/aromatic N) is 2. The largest absolute Gasteiger partial charge is 0.397 e. The molecular formula is C46H59N7O6S. The molecule has 7 N–H and O–H groups in total. The number of aliphatic hydroxyl groups is 1. The highest BCUT2D eigenvalue weighted by Crippen LogP contribution is 2.29. The van der Waals surface area contributed by atoms with E-state index in [2.05, 4.69) is 26.3 Å². The maximum absolute atomic E-state index is 13.9. The molecule has 60 heavy (non-hydrogen) atoms. The number of amides is 5. The van der Waals surface area contributed by atoms with Crippen molar-refractivity contribution in [1.82, 2.24) is 20.5 Å². The zero-order valence-corrected chi connectivity index (χ0v) is 35.9. The molecule has 3 aromatic carbocycles. The number of β-amino-alcohol motifs (C(OH)–C–C–N with tert-alkyl or cyclic N) is 1. The number of hydrogen-bond donors (Lipinski definition) is 6. The first-order valence-corrected chi connectivity index (χ1v) is 21.7. The minimum absolute atomic E-state index is 0.0225. The molecule has 1 fully saturated rings. The smallest absolute Gasteiger partial charge is 0.255 e. The van der Waals surface area contributed by atoms with Crippen LogP contribution < -0.4 is 27.0 Å². The van der Waals surface area contributed by atoms with E-state index in [1.54, 1.807) is 59.9 Å². The topological polar surface area (TPSA) is 196 Å². The molecule has 14 heteroatoms. The number of benzene rings is 3. The molecule has 1 saturated heterocycles. The molecule has 0 bridgehead atoms. The van der Waals surface area contributed by atoms with Gasteiger partial charge in [0.1, 0.15) is 12.1 Å². The average molecular weight is 838 g/mol. The van der Waals surface area contributed by atoms with E-state index in [9.17, 15) is 29.1 Å². The standard InChI is InChI=1S/C46H59N7O6S/c1-30-41(60-29-49-30)32-20-18-31(19-21-32)27-48-44(58)38-26-35(54)28-53(38)45(59)42(46(2,3)4)52-40(56)17-11-9-7-5-6-8-10-16-39(55)50-34-24-22-33(23-25-34)43(57)51-37-15-13-12-14-36(37)47/h12-15,18-25,29,35,38,42,54H,5-11,16-17,26-28,47H2,1-4H3,(H,48,58)(H,50,55)(H,51,57)(H,52,56). The van der Waals surface area contributed by atoms with E-state index in [1.165, 1.54) is 4.90 Å². The lowest BCUT2D eigenvalue weighted by Gasteiger charge is -2.35. The summed E-state index contributed by atoms with van der Waals surface area (Å²) in [6, 6.07) is 19.9. The number of carbonyl (C=O) groups is 5. The first-order chi connectivity index (χ1) is 28.7. The first-order valence-electron chi connectivity index (χ1n) is 20.8. The second kappa shape index (κ2) is 21.6. The van der Waals surface area contributed by atoms with E-state index < -0.39 is 23.6 Å². The van der Waals surface area contributed by atoms with Crippen LogP contribution in [0.4, 0.5) is 17.1 Å². The van der Waals surface area contributed by atoms with Crippen LogP contribution in [0.15, 0.2) is 78.3 Å². The maximum atomic E-state index is 13.9. The minimum Gasteiger partial charge on any atom is -0.397 e. The number of likely N-dealkylation sites (tertiary alicyclic amines) is 1. The number of unbranched alkanes of at least 4 members (excludes halogenated alkanes) is 6. The number of carbonyl (C=O) groups excluding carboxylic acids is 5. The van der Waals surface area contributed by atoms with Gasteiger partial charge in [-0.15, -0.1) is 11.3 Å². The summed E-state index contributed by atoms with van der Waals surface area (Å²) in [5.41, 5.74) is 12.1. The lowest BCUT2D eigenvalue weighted by molar-refractivity contribution is -0.144. The SMILES string of the molecule is Cc1ncsc1-c1ccc(CNC(=O)C2CC(O)CN2C(=O)C(NC(=O)CCCCCCCCCC(=O)Nc2ccc(C(=O)Nc3ccccc3N)cc2)C(C)(C)C)cc1. The van der Waals surface area contributed by atoms with Gasteiger partial charge in [0.15, 0.2) is 0 Å². The van der Waals surface area contributed by atoms with Crippen molar-refractivity contribution in [2.24, 2.45) is 5.41 Å². The van der Waals surface area contributed by atoms with Crippen molar-refractivity contribution in [1.29, 1.82) is 0 Å². The second-order valence-corrected chi connectivity index (χ2v) is 17.4. The normalized spacial score (nSPS) is 15.6. The molecule has 3 unspecified atom stereocenters. The molecule has 0 spiro atoms. The Bertz CT molecular complexity index is 2080. The number of nitrogen functional groups attached to an aromatic ring is 1. The summed E-state index contributed by atoms with van der Waals surface area (Å²) < 4.78 is 0. The summed E-state index contributed by atoms with van der Waals surface area (Å²) in [4.78, 5) is 72.3. The number of nitrogens with one attached hydrogen (secondary N) is 4. The summed E-state index contributed by atoms with van der Waals surface area (Å²) in [6.45, 7) is 7.90. The fourth-order valence-corrected chi connectivity index (χ4v) is 8.01. The number of aromatic nitrogens is 1. The average Bonchev–Trinajstić information content (AvgIpc) is 3.84. The molecule has 3 atom stereocenters. The van der Waals surface area contributed by atoms with Gasteiger partial charge in [0, 0.05) is 43.6 Å². The van der Waals surface area contributed by atoms with E-state index in [4.69, 9.17) is 5.73 Å². The van der Waals surface area contributed by atoms with Crippen LogP contribution in [0.25, 0.3) is 10.4 Å². The Morgan fingerprint density at radius 3 is 2.10 bits per heavy atom. The lowest BCUT2D eigenvalue weighted by Crippen LogP contribution is -2.57. The minimum atomic E-state index is -0.864.